The lowest BCUT2D eigenvalue weighted by Gasteiger charge is -2.31. The monoisotopic (exact) mass is 1250 g/mol. The van der Waals surface area contributed by atoms with E-state index in [0.717, 1.165) is 18.7 Å². The molecule has 0 saturated carbocycles. The number of aliphatic hydroxyl groups is 1. The number of hydrogen-bond donors (Lipinski definition) is 16. The molecular formula is C55H82N12O21. The number of benzene rings is 1. The van der Waals surface area contributed by atoms with E-state index in [2.05, 4.69) is 53.2 Å². The molecule has 33 heteroatoms. The number of carboxylic acids is 4. The summed E-state index contributed by atoms with van der Waals surface area (Å²) in [6, 6.07) is -6.36. The minimum Gasteiger partial charge on any atom is -0.481 e. The molecule has 1 aliphatic heterocycles. The molecule has 1 aromatic rings. The second-order valence-electron chi connectivity index (χ2n) is 21.8. The summed E-state index contributed by atoms with van der Waals surface area (Å²) >= 11 is 0. The van der Waals surface area contributed by atoms with Crippen molar-refractivity contribution in [3.05, 3.63) is 35.9 Å². The topological polar surface area (TPSA) is 524 Å². The summed E-state index contributed by atoms with van der Waals surface area (Å²) in [5.74, 6) is -18.4. The Morgan fingerprint density at radius 1 is 0.534 bits per heavy atom. The summed E-state index contributed by atoms with van der Waals surface area (Å²) in [5, 5.41) is 72.4. The number of aliphatic hydroxyl groups excluding tert-OH is 1. The molecule has 12 amide bonds. The molecular weight excluding hydrogens is 1160 g/mol. The average Bonchev–Trinajstić information content (AvgIpc) is 1.95. The highest BCUT2D eigenvalue weighted by Crippen LogP contribution is 2.21. The average molecular weight is 1250 g/mol. The van der Waals surface area contributed by atoms with E-state index < -0.39 is 207 Å². The third-order valence-electron chi connectivity index (χ3n) is 13.3. The smallest absolute Gasteiger partial charge is 0.326 e. The van der Waals surface area contributed by atoms with Gasteiger partial charge in [0.2, 0.25) is 70.9 Å². The third-order valence-corrected chi connectivity index (χ3v) is 13.3. The van der Waals surface area contributed by atoms with Crippen LogP contribution in [0.4, 0.5) is 0 Å². The van der Waals surface area contributed by atoms with Gasteiger partial charge < -0.3 is 89.3 Å². The third kappa shape index (κ3) is 27.8. The van der Waals surface area contributed by atoms with Crippen LogP contribution < -0.4 is 58.9 Å². The van der Waals surface area contributed by atoms with Gasteiger partial charge in [-0.15, -0.1) is 0 Å². The van der Waals surface area contributed by atoms with Gasteiger partial charge in [0.15, 0.2) is 0 Å². The van der Waals surface area contributed by atoms with E-state index in [4.69, 9.17) is 5.73 Å². The minimum atomic E-state index is -1.94. The summed E-state index contributed by atoms with van der Waals surface area (Å²) in [7, 11) is 0. The molecule has 0 radical (unpaired) electrons. The fourth-order valence-electron chi connectivity index (χ4n) is 8.95. The lowest BCUT2D eigenvalue weighted by atomic mass is 10.0. The van der Waals surface area contributed by atoms with Gasteiger partial charge in [-0.25, -0.2) is 4.79 Å². The van der Waals surface area contributed by atoms with Crippen LogP contribution in [0.3, 0.4) is 0 Å². The molecule has 0 bridgehead atoms. The largest absolute Gasteiger partial charge is 0.481 e. The summed E-state index contributed by atoms with van der Waals surface area (Å²) in [6.07, 6.45) is -6.50. The second-order valence-corrected chi connectivity index (χ2v) is 21.8. The normalized spacial score (nSPS) is 15.8. The van der Waals surface area contributed by atoms with Gasteiger partial charge in [-0.05, 0) is 69.3 Å². The summed E-state index contributed by atoms with van der Waals surface area (Å²) in [4.78, 5) is 208. The quantitative estimate of drug-likeness (QED) is 0.0295. The van der Waals surface area contributed by atoms with Crippen LogP contribution in [0, 0.1) is 11.8 Å². The Morgan fingerprint density at radius 2 is 0.989 bits per heavy atom. The van der Waals surface area contributed by atoms with Crippen molar-refractivity contribution in [2.24, 2.45) is 17.6 Å². The van der Waals surface area contributed by atoms with Gasteiger partial charge in [0.1, 0.15) is 54.4 Å². The van der Waals surface area contributed by atoms with Crippen LogP contribution in [-0.4, -0.2) is 205 Å². The Bertz CT molecular complexity index is 2690. The zero-order valence-corrected chi connectivity index (χ0v) is 49.7. The minimum absolute atomic E-state index is 0.0297. The molecule has 10 atom stereocenters. The number of rotatable bonds is 39. The first-order chi connectivity index (χ1) is 41.2. The molecule has 88 heavy (non-hydrogen) atoms. The maximum atomic E-state index is 14.2. The number of aliphatic carboxylic acids is 4. The lowest BCUT2D eigenvalue weighted by molar-refractivity contribution is -0.146. The van der Waals surface area contributed by atoms with Crippen molar-refractivity contribution in [1.29, 1.82) is 0 Å². The van der Waals surface area contributed by atoms with Crippen LogP contribution in [0.5, 0.6) is 0 Å². The van der Waals surface area contributed by atoms with E-state index in [1.807, 2.05) is 0 Å². The first-order valence-corrected chi connectivity index (χ1v) is 28.3. The molecule has 488 valence electrons. The zero-order chi connectivity index (χ0) is 66.5. The van der Waals surface area contributed by atoms with Gasteiger partial charge in [0, 0.05) is 39.2 Å². The molecule has 33 nitrogen and oxygen atoms in total. The standard InChI is InChI=1S/C55H82N12O21/c1-27(2)21-35(62-47(79)32(14-17-40(56)70)59-41(71)25-57-30(6)69)50(82)64-37(24-45(77)78)54(86)67-20-10-13-39(67)52(84)61-34(16-19-44(75)76)49(81)66-46(29(5)68)53(85)58-26-42(72)60-33(15-18-43(73)74)48(80)63-36(23-31-11-8-7-9-12-31)51(83)65-38(55(87)88)22-28(3)4/h7-9,11-12,27-29,32-39,46,68H,10,13-26H2,1-6H3,(H2,56,70)(H,57,69)(H,58,85)(H,59,71)(H,60,72)(H,61,84)(H,62,79)(H,63,80)(H,64,82)(H,65,83)(H,66,81)(H,73,74)(H,75,76)(H,77,78)(H,87,88)/t29-,32+,33+,34+,35+,36+,37+,38+,39+,46+/m1/s1. The number of nitrogens with zero attached hydrogens (tertiary/aromatic N) is 1. The number of carbonyl (C=O) groups is 16. The molecule has 2 rings (SSSR count). The van der Waals surface area contributed by atoms with Crippen molar-refractivity contribution in [3.63, 3.8) is 0 Å². The highest BCUT2D eigenvalue weighted by molar-refractivity contribution is 6.00. The highest BCUT2D eigenvalue weighted by Gasteiger charge is 2.41. The Morgan fingerprint density at radius 3 is 1.48 bits per heavy atom. The van der Waals surface area contributed by atoms with Crippen LogP contribution in [-0.2, 0) is 83.1 Å². The van der Waals surface area contributed by atoms with Gasteiger partial charge >= 0.3 is 23.9 Å². The van der Waals surface area contributed by atoms with Crippen molar-refractivity contribution >= 4 is 94.8 Å². The summed E-state index contributed by atoms with van der Waals surface area (Å²) in [5.41, 5.74) is 5.79. The zero-order valence-electron chi connectivity index (χ0n) is 49.7. The number of nitrogens with two attached hydrogens (primary N) is 1. The SMILES string of the molecule is CC(=O)NCC(=O)N[C@@H](CCC(N)=O)C(=O)N[C@@H](CC(C)C)C(=O)N[C@@H](CC(=O)O)C(=O)N1CCC[C@H]1C(=O)N[C@@H](CCC(=O)O)C(=O)N[C@H](C(=O)NCC(=O)N[C@@H](CCC(=O)O)C(=O)N[C@@H](Cc1ccccc1)C(=O)N[C@@H](CC(C)C)C(=O)O)[C@@H](C)O. The van der Waals surface area contributed by atoms with Crippen LogP contribution in [0.15, 0.2) is 30.3 Å². The van der Waals surface area contributed by atoms with Crippen LogP contribution in [0.1, 0.15) is 118 Å². The maximum absolute atomic E-state index is 14.2. The molecule has 0 spiro atoms. The lowest BCUT2D eigenvalue weighted by Crippen LogP contribution is -2.61. The Labute approximate surface area is 505 Å². The van der Waals surface area contributed by atoms with Crippen molar-refractivity contribution in [2.75, 3.05) is 19.6 Å². The first-order valence-electron chi connectivity index (χ1n) is 28.3. The molecule has 1 saturated heterocycles. The number of carbonyl (C=O) groups excluding carboxylic acids is 12. The van der Waals surface area contributed by atoms with E-state index in [0.29, 0.717) is 5.56 Å². The molecule has 0 unspecified atom stereocenters. The van der Waals surface area contributed by atoms with Crippen molar-refractivity contribution in [2.45, 2.75) is 179 Å². The summed E-state index contributed by atoms with van der Waals surface area (Å²) < 4.78 is 0. The van der Waals surface area contributed by atoms with E-state index >= 15 is 0 Å². The molecule has 0 aliphatic carbocycles. The Balaban J connectivity index is 2.32. The molecule has 1 heterocycles. The van der Waals surface area contributed by atoms with E-state index in [1.165, 1.54) is 0 Å². The van der Waals surface area contributed by atoms with Gasteiger partial charge in [-0.2, -0.15) is 0 Å². The number of nitrogens with one attached hydrogen (secondary N) is 10. The van der Waals surface area contributed by atoms with Crippen LogP contribution >= 0.6 is 0 Å². The Hall–Kier alpha value is -9.30. The van der Waals surface area contributed by atoms with Gasteiger partial charge in [0.05, 0.1) is 25.6 Å². The fraction of sp³-hybridized carbons (Fsp3) is 0.600. The van der Waals surface area contributed by atoms with E-state index in [9.17, 15) is 102 Å². The van der Waals surface area contributed by atoms with Crippen LogP contribution in [0.2, 0.25) is 0 Å². The van der Waals surface area contributed by atoms with E-state index in [-0.39, 0.29) is 56.9 Å². The molecule has 1 aromatic carbocycles. The number of primary amides is 1. The maximum Gasteiger partial charge on any atom is 0.326 e. The highest BCUT2D eigenvalue weighted by atomic mass is 16.4. The predicted octanol–water partition coefficient (Wildman–Crippen LogP) is -4.62. The first kappa shape index (κ1) is 74.8. The van der Waals surface area contributed by atoms with Crippen molar-refractivity contribution in [3.8, 4) is 0 Å². The van der Waals surface area contributed by atoms with Crippen LogP contribution in [0.25, 0.3) is 0 Å². The molecule has 0 aromatic heterocycles. The number of hydrogen-bond acceptors (Lipinski definition) is 17. The van der Waals surface area contributed by atoms with Crippen molar-refractivity contribution < 1.29 is 102 Å². The predicted molar refractivity (Wildman–Crippen MR) is 305 cm³/mol. The summed E-state index contributed by atoms with van der Waals surface area (Å²) in [6.45, 7) is 7.21. The Kier molecular flexibility index (Phi) is 31.7. The number of likely N-dealkylation sites (tertiary alicyclic amines) is 1. The van der Waals surface area contributed by atoms with Gasteiger partial charge in [0.25, 0.3) is 0 Å². The second kappa shape index (κ2) is 37.3. The molecule has 1 aliphatic rings. The molecule has 17 N–H and O–H groups in total. The molecule has 1 fully saturated rings. The van der Waals surface area contributed by atoms with Crippen molar-refractivity contribution in [1.82, 2.24) is 58.1 Å². The fourth-order valence-corrected chi connectivity index (χ4v) is 8.95. The van der Waals surface area contributed by atoms with Gasteiger partial charge in [-0.1, -0.05) is 58.0 Å². The van der Waals surface area contributed by atoms with E-state index in [1.54, 1.807) is 58.0 Å². The number of amides is 12. The van der Waals surface area contributed by atoms with Gasteiger partial charge in [-0.3, -0.25) is 71.9 Å². The number of carboxylic acid groups (broad SMARTS) is 4.